The van der Waals surface area contributed by atoms with Gasteiger partial charge in [0.2, 0.25) is 0 Å². The van der Waals surface area contributed by atoms with Crippen molar-refractivity contribution in [2.75, 3.05) is 13.2 Å². The quantitative estimate of drug-likeness (QED) is 0.167. The Morgan fingerprint density at radius 3 is 1.73 bits per heavy atom. The second-order valence-electron chi connectivity index (χ2n) is 8.32. The second kappa shape index (κ2) is 11.0. The highest BCUT2D eigenvalue weighted by molar-refractivity contribution is 4.95. The zero-order valence-corrected chi connectivity index (χ0v) is 17.6. The van der Waals surface area contributed by atoms with Gasteiger partial charge in [0.25, 0.3) is 0 Å². The highest BCUT2D eigenvalue weighted by atomic mass is 16.8. The third-order valence-corrected chi connectivity index (χ3v) is 6.05. The van der Waals surface area contributed by atoms with Crippen molar-refractivity contribution in [2.45, 2.75) is 99.0 Å². The van der Waals surface area contributed by atoms with Crippen molar-refractivity contribution in [3.63, 3.8) is 0 Å². The van der Waals surface area contributed by atoms with E-state index in [1.54, 1.807) is 0 Å². The fourth-order valence-electron chi connectivity index (χ4n) is 3.98. The molecule has 6 unspecified atom stereocenters. The van der Waals surface area contributed by atoms with Gasteiger partial charge in [-0.1, -0.05) is 0 Å². The summed E-state index contributed by atoms with van der Waals surface area (Å²) in [5.41, 5.74) is 0. The third kappa shape index (κ3) is 5.32. The molecule has 194 valence electrons. The lowest BCUT2D eigenvalue weighted by atomic mass is 9.96. The first-order valence-electron chi connectivity index (χ1n) is 10.4. The lowest BCUT2D eigenvalue weighted by Crippen LogP contribution is -2.66. The minimum atomic E-state index is -1.83. The van der Waals surface area contributed by atoms with Gasteiger partial charge in [-0.25, -0.2) is 0 Å². The molecule has 15 heteroatoms. The maximum Gasteiger partial charge on any atom is 0.187 e. The Balaban J connectivity index is 1.83. The highest BCUT2D eigenvalue weighted by Gasteiger charge is 2.53. The van der Waals surface area contributed by atoms with Crippen molar-refractivity contribution in [1.29, 1.82) is 0 Å². The van der Waals surface area contributed by atoms with E-state index < -0.39 is 105 Å². The van der Waals surface area contributed by atoms with Crippen LogP contribution in [0.3, 0.4) is 0 Å². The summed E-state index contributed by atoms with van der Waals surface area (Å²) in [4.78, 5) is 0. The molecule has 0 aromatic heterocycles. The molecule has 0 spiro atoms. The molecule has 0 amide bonds. The maximum absolute atomic E-state index is 10.6. The van der Waals surface area contributed by atoms with Crippen molar-refractivity contribution in [2.24, 2.45) is 0 Å². The van der Waals surface area contributed by atoms with E-state index in [0.29, 0.717) is 0 Å². The topological polar surface area (TPSA) is 248 Å². The summed E-state index contributed by atoms with van der Waals surface area (Å²) in [5.74, 6) is 0. The molecular weight excluding hydrogens is 456 g/mol. The van der Waals surface area contributed by atoms with Crippen LogP contribution in [0.4, 0.5) is 0 Å². The molecule has 3 saturated heterocycles. The molecule has 10 N–H and O–H groups in total. The first kappa shape index (κ1) is 27.0. The number of aliphatic hydroxyl groups excluding tert-OH is 10. The van der Waals surface area contributed by atoms with Gasteiger partial charge in [-0.05, 0) is 6.92 Å². The average Bonchev–Trinajstić information content (AvgIpc) is 2.80. The SMILES string of the molecule is CC1O[C@@H](O[C@H]2C(O)[C@@H](O)C(CO)O[C@H]2O[C@H]2C(O)C(O)[C@H](O)O[C@H]2CO)C(O)[C@@H](O)[C@@H]1O. The number of rotatable bonds is 6. The highest BCUT2D eigenvalue weighted by Crippen LogP contribution is 2.32. The second-order valence-corrected chi connectivity index (χ2v) is 8.32. The van der Waals surface area contributed by atoms with E-state index in [9.17, 15) is 51.1 Å². The van der Waals surface area contributed by atoms with Crippen LogP contribution in [0.2, 0.25) is 0 Å². The summed E-state index contributed by atoms with van der Waals surface area (Å²) in [6.45, 7) is -0.128. The molecule has 0 saturated carbocycles. The zero-order chi connectivity index (χ0) is 24.6. The monoisotopic (exact) mass is 488 g/mol. The van der Waals surface area contributed by atoms with Gasteiger partial charge in [0, 0.05) is 0 Å². The Kier molecular flexibility index (Phi) is 8.99. The van der Waals surface area contributed by atoms with Gasteiger partial charge in [0.05, 0.1) is 19.3 Å². The van der Waals surface area contributed by atoms with Crippen LogP contribution in [0.1, 0.15) is 6.92 Å². The van der Waals surface area contributed by atoms with Crippen LogP contribution in [-0.2, 0) is 23.7 Å². The van der Waals surface area contributed by atoms with Crippen molar-refractivity contribution >= 4 is 0 Å². The van der Waals surface area contributed by atoms with E-state index in [4.69, 9.17) is 23.7 Å². The van der Waals surface area contributed by atoms with Crippen molar-refractivity contribution in [1.82, 2.24) is 0 Å². The molecule has 3 rings (SSSR count). The first-order chi connectivity index (χ1) is 15.5. The Bertz CT molecular complexity index is 624. The molecule has 15 nitrogen and oxygen atoms in total. The van der Waals surface area contributed by atoms with Gasteiger partial charge in [0.15, 0.2) is 18.9 Å². The molecule has 0 aromatic rings. The predicted octanol–water partition coefficient (Wildman–Crippen LogP) is -6.55. The van der Waals surface area contributed by atoms with Crippen molar-refractivity contribution < 1.29 is 74.7 Å². The summed E-state index contributed by atoms with van der Waals surface area (Å²) in [6, 6.07) is 0. The molecule has 3 fully saturated rings. The smallest absolute Gasteiger partial charge is 0.187 e. The molecule has 3 heterocycles. The molecule has 3 aliphatic heterocycles. The molecule has 0 bridgehead atoms. The van der Waals surface area contributed by atoms with Crippen LogP contribution in [0.15, 0.2) is 0 Å². The molecule has 3 aliphatic rings. The van der Waals surface area contributed by atoms with Gasteiger partial charge >= 0.3 is 0 Å². The fraction of sp³-hybridized carbons (Fsp3) is 1.00. The van der Waals surface area contributed by atoms with Gasteiger partial charge in [-0.2, -0.15) is 0 Å². The van der Waals surface area contributed by atoms with Gasteiger partial charge in [-0.15, -0.1) is 0 Å². The largest absolute Gasteiger partial charge is 0.394 e. The van der Waals surface area contributed by atoms with E-state index in [0.717, 1.165) is 0 Å². The van der Waals surface area contributed by atoms with Crippen LogP contribution < -0.4 is 0 Å². The van der Waals surface area contributed by atoms with Crippen LogP contribution in [0.25, 0.3) is 0 Å². The normalized spacial score (nSPS) is 53.7. The van der Waals surface area contributed by atoms with Crippen LogP contribution in [0.5, 0.6) is 0 Å². The van der Waals surface area contributed by atoms with Crippen LogP contribution >= 0.6 is 0 Å². The first-order valence-corrected chi connectivity index (χ1v) is 10.4. The molecule has 0 aliphatic carbocycles. The van der Waals surface area contributed by atoms with Crippen molar-refractivity contribution in [3.8, 4) is 0 Å². The number of ether oxygens (including phenoxy) is 5. The van der Waals surface area contributed by atoms with E-state index >= 15 is 0 Å². The van der Waals surface area contributed by atoms with E-state index in [2.05, 4.69) is 0 Å². The average molecular weight is 488 g/mol. The summed E-state index contributed by atoms with van der Waals surface area (Å²) >= 11 is 0. The summed E-state index contributed by atoms with van der Waals surface area (Å²) in [5, 5.41) is 99.8. The lowest BCUT2D eigenvalue weighted by Gasteiger charge is -2.48. The molecule has 0 aromatic carbocycles. The molecule has 15 atom stereocenters. The van der Waals surface area contributed by atoms with E-state index in [1.165, 1.54) is 6.92 Å². The van der Waals surface area contributed by atoms with Crippen LogP contribution in [0, 0.1) is 0 Å². The summed E-state index contributed by atoms with van der Waals surface area (Å²) in [7, 11) is 0. The van der Waals surface area contributed by atoms with Gasteiger partial charge in [-0.3, -0.25) is 0 Å². The standard InChI is InChI=1S/C18H32O15/c1-4-7(21)9(23)13(27)17(29-4)33-15-10(24)8(22)5(2-19)31-18(15)32-14-6(3-20)30-16(28)12(26)11(14)25/h4-28H,2-3H2,1H3/t4?,5?,6-,7+,8-,9-,10?,11?,12?,13?,14+,15-,16+,17-,18-/m0/s1. The minimum Gasteiger partial charge on any atom is -0.394 e. The Morgan fingerprint density at radius 2 is 1.12 bits per heavy atom. The van der Waals surface area contributed by atoms with Crippen molar-refractivity contribution in [3.05, 3.63) is 0 Å². The number of hydrogen-bond acceptors (Lipinski definition) is 15. The Morgan fingerprint density at radius 1 is 0.545 bits per heavy atom. The number of aliphatic hydroxyl groups is 10. The maximum atomic E-state index is 10.6. The Hall–Kier alpha value is -0.600. The van der Waals surface area contributed by atoms with Crippen LogP contribution in [-0.4, -0.2) is 156 Å². The molecule has 0 radical (unpaired) electrons. The molecular formula is C18H32O15. The Labute approximate surface area is 187 Å². The summed E-state index contributed by atoms with van der Waals surface area (Å²) < 4.78 is 26.9. The third-order valence-electron chi connectivity index (χ3n) is 6.05. The molecule has 33 heavy (non-hydrogen) atoms. The predicted molar refractivity (Wildman–Crippen MR) is 99.8 cm³/mol. The minimum absolute atomic E-state index is 0.760. The van der Waals surface area contributed by atoms with E-state index in [-0.39, 0.29) is 0 Å². The zero-order valence-electron chi connectivity index (χ0n) is 17.6. The summed E-state index contributed by atoms with van der Waals surface area (Å²) in [6.07, 6.45) is -24.1. The lowest BCUT2D eigenvalue weighted by molar-refractivity contribution is -0.385. The van der Waals surface area contributed by atoms with Gasteiger partial charge < -0.3 is 74.7 Å². The van der Waals surface area contributed by atoms with E-state index in [1.807, 2.05) is 0 Å². The number of hydrogen-bond donors (Lipinski definition) is 10. The fourth-order valence-corrected chi connectivity index (χ4v) is 3.98. The van der Waals surface area contributed by atoms with Gasteiger partial charge in [0.1, 0.15) is 67.1 Å².